The topological polar surface area (TPSA) is 54.4 Å². The van der Waals surface area contributed by atoms with Crippen molar-refractivity contribution < 1.29 is 14.7 Å². The molecule has 316 valence electrons. The van der Waals surface area contributed by atoms with Crippen LogP contribution < -0.4 is 0 Å². The van der Waals surface area contributed by atoms with E-state index in [0.717, 1.165) is 38.5 Å². The van der Waals surface area contributed by atoms with Gasteiger partial charge in [-0.05, 0) is 19.3 Å². The van der Waals surface area contributed by atoms with Gasteiger partial charge in [0.15, 0.2) is 0 Å². The van der Waals surface area contributed by atoms with Gasteiger partial charge in [-0.15, -0.1) is 0 Å². The van der Waals surface area contributed by atoms with E-state index in [-0.39, 0.29) is 0 Å². The van der Waals surface area contributed by atoms with Gasteiger partial charge in [0.25, 0.3) is 0 Å². The summed E-state index contributed by atoms with van der Waals surface area (Å²) in [7, 11) is 0. The molecule has 0 aromatic rings. The monoisotopic (exact) mass is 747 g/mol. The van der Waals surface area contributed by atoms with Crippen molar-refractivity contribution >= 4 is 11.8 Å². The number of carbonyl (C=O) groups is 2. The van der Waals surface area contributed by atoms with Crippen LogP contribution in [0.25, 0.3) is 0 Å². The van der Waals surface area contributed by atoms with E-state index >= 15 is 0 Å². The summed E-state index contributed by atoms with van der Waals surface area (Å²) in [6, 6.07) is 0. The maximum atomic E-state index is 12.2. The molecule has 0 bridgehead atoms. The Morgan fingerprint density at radius 2 is 0.396 bits per heavy atom. The van der Waals surface area contributed by atoms with E-state index in [1.807, 2.05) is 0 Å². The second kappa shape index (κ2) is 47.3. The molecule has 3 nitrogen and oxygen atoms in total. The molecule has 0 unspecified atom stereocenters. The third-order valence-corrected chi connectivity index (χ3v) is 11.9. The largest absolute Gasteiger partial charge is 0.481 e. The zero-order valence-electron chi connectivity index (χ0n) is 36.5. The maximum absolute atomic E-state index is 12.2. The van der Waals surface area contributed by atoms with Crippen LogP contribution in [0.1, 0.15) is 309 Å². The third kappa shape index (κ3) is 49.1. The molecule has 0 amide bonds. The molecule has 0 aliphatic heterocycles. The van der Waals surface area contributed by atoms with Crippen molar-refractivity contribution in [2.45, 2.75) is 309 Å². The lowest BCUT2D eigenvalue weighted by Crippen LogP contribution is -1.97. The Morgan fingerprint density at radius 3 is 0.566 bits per heavy atom. The van der Waals surface area contributed by atoms with Crippen LogP contribution in [0, 0.1) is 0 Å². The molecule has 0 aromatic heterocycles. The molecule has 0 radical (unpaired) electrons. The molecular weight excluding hydrogens is 649 g/mol. The van der Waals surface area contributed by atoms with Gasteiger partial charge in [0.2, 0.25) is 0 Å². The molecule has 0 atom stereocenters. The third-order valence-electron chi connectivity index (χ3n) is 11.9. The Labute approximate surface area is 334 Å². The highest BCUT2D eigenvalue weighted by atomic mass is 16.4. The number of carbonyl (C=O) groups excluding carboxylic acids is 1. The summed E-state index contributed by atoms with van der Waals surface area (Å²) in [6.07, 6.45) is 62.3. The molecule has 0 heterocycles. The smallest absolute Gasteiger partial charge is 0.303 e. The van der Waals surface area contributed by atoms with Crippen LogP contribution in [0.4, 0.5) is 0 Å². The highest BCUT2D eigenvalue weighted by Gasteiger charge is 2.03. The van der Waals surface area contributed by atoms with E-state index in [4.69, 9.17) is 5.11 Å². The zero-order valence-corrected chi connectivity index (χ0v) is 36.5. The van der Waals surface area contributed by atoms with E-state index in [1.54, 1.807) is 0 Å². The minimum Gasteiger partial charge on any atom is -0.481 e. The second-order valence-corrected chi connectivity index (χ2v) is 17.4. The SMILES string of the molecule is CCCCCCCCCCCCCCCCCCCCCCCCCCCCCCCCC(=O)CCCCCCCCCCCCCCCCC(=O)O. The summed E-state index contributed by atoms with van der Waals surface area (Å²) in [5, 5.41) is 8.66. The van der Waals surface area contributed by atoms with Gasteiger partial charge < -0.3 is 5.11 Å². The Bertz CT molecular complexity index is 703. The lowest BCUT2D eigenvalue weighted by Gasteiger charge is -2.05. The number of aliphatic carboxylic acids is 1. The fourth-order valence-corrected chi connectivity index (χ4v) is 8.19. The molecule has 1 N–H and O–H groups in total. The molecule has 0 aliphatic carbocycles. The summed E-state index contributed by atoms with van der Waals surface area (Å²) < 4.78 is 0. The Balaban J connectivity index is 3.14. The van der Waals surface area contributed by atoms with Gasteiger partial charge in [0.1, 0.15) is 5.78 Å². The molecule has 0 spiro atoms. The standard InChI is InChI=1S/C50H98O3/c1-2-3-4-5-6-7-8-9-10-11-12-13-14-15-16-17-18-19-20-21-22-23-24-25-28-31-34-37-40-43-46-49(51)47-44-41-38-35-32-29-26-27-30-33-36-39-42-45-48-50(52)53/h2-48H2,1H3,(H,52,53). The first-order chi connectivity index (χ1) is 26.2. The molecule has 3 heteroatoms. The normalized spacial score (nSPS) is 11.5. The van der Waals surface area contributed by atoms with Gasteiger partial charge >= 0.3 is 5.97 Å². The number of ketones is 1. The molecule has 53 heavy (non-hydrogen) atoms. The first kappa shape index (κ1) is 52.1. The molecule has 0 fully saturated rings. The number of unbranched alkanes of at least 4 members (excludes halogenated alkanes) is 42. The summed E-state index contributed by atoms with van der Waals surface area (Å²) in [5.41, 5.74) is 0. The number of Topliss-reactive ketones (excluding diaryl/α,β-unsaturated/α-hetero) is 1. The number of hydrogen-bond acceptors (Lipinski definition) is 2. The maximum Gasteiger partial charge on any atom is 0.303 e. The quantitative estimate of drug-likeness (QED) is 0.0631. The van der Waals surface area contributed by atoms with Crippen molar-refractivity contribution in [1.82, 2.24) is 0 Å². The van der Waals surface area contributed by atoms with Crippen LogP contribution in [-0.2, 0) is 9.59 Å². The second-order valence-electron chi connectivity index (χ2n) is 17.4. The minimum atomic E-state index is -0.661. The van der Waals surface area contributed by atoms with Crippen LogP contribution in [0.15, 0.2) is 0 Å². The van der Waals surface area contributed by atoms with Crippen LogP contribution in [0.5, 0.6) is 0 Å². The van der Waals surface area contributed by atoms with Crippen LogP contribution >= 0.6 is 0 Å². The highest BCUT2D eigenvalue weighted by Crippen LogP contribution is 2.18. The average molecular weight is 747 g/mol. The first-order valence-electron chi connectivity index (χ1n) is 24.9. The average Bonchev–Trinajstić information content (AvgIpc) is 3.15. The number of carboxylic acids is 1. The van der Waals surface area contributed by atoms with Crippen molar-refractivity contribution in [3.63, 3.8) is 0 Å². The van der Waals surface area contributed by atoms with Crippen LogP contribution in [-0.4, -0.2) is 16.9 Å². The van der Waals surface area contributed by atoms with Crippen molar-refractivity contribution in [1.29, 1.82) is 0 Å². The van der Waals surface area contributed by atoms with Gasteiger partial charge in [-0.3, -0.25) is 9.59 Å². The van der Waals surface area contributed by atoms with Crippen molar-refractivity contribution in [2.24, 2.45) is 0 Å². The molecular formula is C50H98O3. The predicted octanol–water partition coefficient (Wildman–Crippen LogP) is 18.0. The van der Waals surface area contributed by atoms with Gasteiger partial charge in [-0.2, -0.15) is 0 Å². The van der Waals surface area contributed by atoms with E-state index < -0.39 is 5.97 Å². The molecule has 0 saturated carbocycles. The van der Waals surface area contributed by atoms with Crippen molar-refractivity contribution in [3.8, 4) is 0 Å². The van der Waals surface area contributed by atoms with E-state index in [9.17, 15) is 9.59 Å². The molecule has 0 aromatic carbocycles. The Hall–Kier alpha value is -0.860. The van der Waals surface area contributed by atoms with Gasteiger partial charge in [0.05, 0.1) is 0 Å². The summed E-state index contributed by atoms with van der Waals surface area (Å²) >= 11 is 0. The van der Waals surface area contributed by atoms with Crippen LogP contribution in [0.3, 0.4) is 0 Å². The van der Waals surface area contributed by atoms with Crippen LogP contribution in [0.2, 0.25) is 0 Å². The Kier molecular flexibility index (Phi) is 46.5. The number of rotatable bonds is 48. The molecule has 0 rings (SSSR count). The van der Waals surface area contributed by atoms with Crippen molar-refractivity contribution in [2.75, 3.05) is 0 Å². The van der Waals surface area contributed by atoms with Gasteiger partial charge in [0, 0.05) is 19.3 Å². The first-order valence-corrected chi connectivity index (χ1v) is 24.9. The van der Waals surface area contributed by atoms with E-state index in [1.165, 1.54) is 257 Å². The predicted molar refractivity (Wildman–Crippen MR) is 235 cm³/mol. The summed E-state index contributed by atoms with van der Waals surface area (Å²) in [6.45, 7) is 2.30. The fourth-order valence-electron chi connectivity index (χ4n) is 8.19. The Morgan fingerprint density at radius 1 is 0.245 bits per heavy atom. The zero-order chi connectivity index (χ0) is 38.4. The minimum absolute atomic E-state index is 0.329. The highest BCUT2D eigenvalue weighted by molar-refractivity contribution is 5.78. The fraction of sp³-hybridized carbons (Fsp3) is 0.960. The van der Waals surface area contributed by atoms with E-state index in [2.05, 4.69) is 6.92 Å². The van der Waals surface area contributed by atoms with E-state index in [0.29, 0.717) is 12.2 Å². The van der Waals surface area contributed by atoms with Crippen molar-refractivity contribution in [3.05, 3.63) is 0 Å². The summed E-state index contributed by atoms with van der Waals surface area (Å²) in [4.78, 5) is 22.7. The number of hydrogen-bond donors (Lipinski definition) is 1. The summed E-state index contributed by atoms with van der Waals surface area (Å²) in [5.74, 6) is -0.155. The van der Waals surface area contributed by atoms with Gasteiger partial charge in [-0.25, -0.2) is 0 Å². The number of carboxylic acid groups (broad SMARTS) is 1. The lowest BCUT2D eigenvalue weighted by atomic mass is 10.0. The lowest BCUT2D eigenvalue weighted by molar-refractivity contribution is -0.137. The molecule has 0 saturated heterocycles. The molecule has 0 aliphatic rings. The van der Waals surface area contributed by atoms with Gasteiger partial charge in [-0.1, -0.05) is 270 Å².